The van der Waals surface area contributed by atoms with E-state index in [9.17, 15) is 8.42 Å². The monoisotopic (exact) mass is 359 g/mol. The van der Waals surface area contributed by atoms with Crippen molar-refractivity contribution in [1.82, 2.24) is 5.32 Å². The quantitative estimate of drug-likeness (QED) is 0.877. The van der Waals surface area contributed by atoms with Gasteiger partial charge in [-0.05, 0) is 42.3 Å². The molecule has 0 saturated heterocycles. The molecule has 2 aromatic carbocycles. The van der Waals surface area contributed by atoms with Crippen molar-refractivity contribution in [3.05, 3.63) is 47.5 Å². The highest BCUT2D eigenvalue weighted by atomic mass is 32.2. The summed E-state index contributed by atoms with van der Waals surface area (Å²) in [5.41, 5.74) is 3.76. The summed E-state index contributed by atoms with van der Waals surface area (Å²) in [5.74, 6) is 0.605. The van der Waals surface area contributed by atoms with Gasteiger partial charge in [-0.3, -0.25) is 4.72 Å². The summed E-state index contributed by atoms with van der Waals surface area (Å²) in [4.78, 5) is 2.27. The number of likely N-dealkylation sites (N-methyl/N-ethyl adjacent to an activating group) is 1. The lowest BCUT2D eigenvalue weighted by Crippen LogP contribution is -2.29. The van der Waals surface area contributed by atoms with Gasteiger partial charge in [0.25, 0.3) is 10.0 Å². The molecule has 0 radical (unpaired) electrons. The van der Waals surface area contributed by atoms with E-state index in [2.05, 4.69) is 21.0 Å². The first-order valence-electron chi connectivity index (χ1n) is 8.37. The Bertz CT molecular complexity index is 912. The van der Waals surface area contributed by atoms with E-state index in [1.54, 1.807) is 18.2 Å². The van der Waals surface area contributed by atoms with Gasteiger partial charge in [0.15, 0.2) is 0 Å². The molecule has 4 rings (SSSR count). The fourth-order valence-electron chi connectivity index (χ4n) is 3.32. The van der Waals surface area contributed by atoms with Crippen LogP contribution in [0.3, 0.4) is 0 Å². The number of benzene rings is 2. The molecule has 0 fully saturated rings. The van der Waals surface area contributed by atoms with Crippen molar-refractivity contribution in [2.24, 2.45) is 0 Å². The molecule has 0 aromatic heterocycles. The van der Waals surface area contributed by atoms with Gasteiger partial charge < -0.3 is 15.0 Å². The second-order valence-corrected chi connectivity index (χ2v) is 8.06. The summed E-state index contributed by atoms with van der Waals surface area (Å²) in [5, 5.41) is 3.29. The molecule has 0 aliphatic carbocycles. The fraction of sp³-hybridized carbons (Fsp3) is 0.333. The van der Waals surface area contributed by atoms with E-state index in [-0.39, 0.29) is 4.90 Å². The van der Waals surface area contributed by atoms with Crippen molar-refractivity contribution in [2.75, 3.05) is 36.4 Å². The predicted octanol–water partition coefficient (Wildman–Crippen LogP) is 1.96. The summed E-state index contributed by atoms with van der Waals surface area (Å²) in [6, 6.07) is 10.8. The molecule has 25 heavy (non-hydrogen) atoms. The van der Waals surface area contributed by atoms with Crippen LogP contribution in [-0.4, -0.2) is 35.2 Å². The van der Waals surface area contributed by atoms with E-state index >= 15 is 0 Å². The Hall–Kier alpha value is -2.25. The highest BCUT2D eigenvalue weighted by Gasteiger charge is 2.22. The maximum absolute atomic E-state index is 12.9. The Labute approximate surface area is 147 Å². The lowest BCUT2D eigenvalue weighted by Gasteiger charge is -2.28. The maximum Gasteiger partial charge on any atom is 0.262 e. The molecule has 0 amide bonds. The number of anilines is 2. The van der Waals surface area contributed by atoms with Crippen LogP contribution in [0.2, 0.25) is 0 Å². The second kappa shape index (κ2) is 6.24. The molecule has 7 heteroatoms. The molecule has 0 spiro atoms. The first kappa shape index (κ1) is 16.2. The van der Waals surface area contributed by atoms with Crippen molar-refractivity contribution in [3.8, 4) is 5.75 Å². The number of sulfonamides is 1. The predicted molar refractivity (Wildman–Crippen MR) is 97.9 cm³/mol. The first-order valence-corrected chi connectivity index (χ1v) is 9.85. The van der Waals surface area contributed by atoms with Crippen LogP contribution in [0.5, 0.6) is 5.75 Å². The number of nitrogens with one attached hydrogen (secondary N) is 2. The van der Waals surface area contributed by atoms with Crippen LogP contribution in [0.1, 0.15) is 11.1 Å². The van der Waals surface area contributed by atoms with Crippen LogP contribution in [0.4, 0.5) is 11.4 Å². The normalized spacial score (nSPS) is 16.6. The molecule has 2 aliphatic rings. The zero-order chi connectivity index (χ0) is 17.4. The lowest BCUT2D eigenvalue weighted by atomic mass is 10.00. The first-order chi connectivity index (χ1) is 12.0. The Kier molecular flexibility index (Phi) is 4.05. The minimum Gasteiger partial charge on any atom is -0.490 e. The SMILES string of the molecule is CN1CCOc2cc(S(=O)(=O)Nc3cccc4c3CNCC4)ccc21. The second-order valence-electron chi connectivity index (χ2n) is 6.38. The zero-order valence-electron chi connectivity index (χ0n) is 14.1. The van der Waals surface area contributed by atoms with Crippen molar-refractivity contribution in [1.29, 1.82) is 0 Å². The molecule has 2 heterocycles. The number of nitrogens with zero attached hydrogens (tertiary/aromatic N) is 1. The number of fused-ring (bicyclic) bond motifs is 2. The molecule has 0 unspecified atom stereocenters. The summed E-state index contributed by atoms with van der Waals surface area (Å²) in [7, 11) is -1.70. The van der Waals surface area contributed by atoms with Gasteiger partial charge in [0, 0.05) is 19.7 Å². The number of rotatable bonds is 3. The van der Waals surface area contributed by atoms with E-state index in [4.69, 9.17) is 4.74 Å². The average molecular weight is 359 g/mol. The molecule has 132 valence electrons. The molecule has 2 N–H and O–H groups in total. The minimum atomic E-state index is -3.67. The Morgan fingerprint density at radius 1 is 1.24 bits per heavy atom. The smallest absolute Gasteiger partial charge is 0.262 e. The van der Waals surface area contributed by atoms with E-state index in [1.165, 1.54) is 5.56 Å². The summed E-state index contributed by atoms with van der Waals surface area (Å²) in [6.07, 6.45) is 0.907. The van der Waals surface area contributed by atoms with Crippen LogP contribution in [0.15, 0.2) is 41.3 Å². The zero-order valence-corrected chi connectivity index (χ0v) is 14.9. The van der Waals surface area contributed by atoms with Crippen LogP contribution < -0.4 is 19.7 Å². The highest BCUT2D eigenvalue weighted by molar-refractivity contribution is 7.92. The van der Waals surface area contributed by atoms with Gasteiger partial charge in [-0.1, -0.05) is 12.1 Å². The molecule has 6 nitrogen and oxygen atoms in total. The van der Waals surface area contributed by atoms with E-state index in [0.29, 0.717) is 24.6 Å². The van der Waals surface area contributed by atoms with Gasteiger partial charge in [0.2, 0.25) is 0 Å². The lowest BCUT2D eigenvalue weighted by molar-refractivity contribution is 0.310. The van der Waals surface area contributed by atoms with Gasteiger partial charge in [0.05, 0.1) is 22.8 Å². The van der Waals surface area contributed by atoms with Gasteiger partial charge in [-0.15, -0.1) is 0 Å². The van der Waals surface area contributed by atoms with Crippen LogP contribution in [0, 0.1) is 0 Å². The van der Waals surface area contributed by atoms with Crippen molar-refractivity contribution < 1.29 is 13.2 Å². The van der Waals surface area contributed by atoms with E-state index in [1.807, 2.05) is 19.2 Å². The highest BCUT2D eigenvalue weighted by Crippen LogP contribution is 2.33. The fourth-order valence-corrected chi connectivity index (χ4v) is 4.43. The molecular formula is C18H21N3O3S. The molecular weight excluding hydrogens is 338 g/mol. The molecule has 0 atom stereocenters. The summed E-state index contributed by atoms with van der Waals surface area (Å²) < 4.78 is 34.1. The Morgan fingerprint density at radius 3 is 3.00 bits per heavy atom. The summed E-state index contributed by atoms with van der Waals surface area (Å²) >= 11 is 0. The van der Waals surface area contributed by atoms with Gasteiger partial charge in [-0.25, -0.2) is 8.42 Å². The molecule has 0 bridgehead atoms. The van der Waals surface area contributed by atoms with Crippen molar-refractivity contribution in [3.63, 3.8) is 0 Å². The topological polar surface area (TPSA) is 70.7 Å². The van der Waals surface area contributed by atoms with E-state index in [0.717, 1.165) is 30.8 Å². The van der Waals surface area contributed by atoms with Crippen LogP contribution >= 0.6 is 0 Å². The van der Waals surface area contributed by atoms with Crippen LogP contribution in [-0.2, 0) is 23.0 Å². The largest absolute Gasteiger partial charge is 0.490 e. The van der Waals surface area contributed by atoms with Crippen molar-refractivity contribution >= 4 is 21.4 Å². The number of ether oxygens (including phenoxy) is 1. The average Bonchev–Trinajstić information content (AvgIpc) is 2.62. The molecule has 2 aliphatic heterocycles. The minimum absolute atomic E-state index is 0.211. The Morgan fingerprint density at radius 2 is 2.12 bits per heavy atom. The standard InChI is InChI=1S/C18H21N3O3S/c1-21-9-10-24-18-11-14(5-6-17(18)21)25(22,23)20-16-4-2-3-13-7-8-19-12-15(13)16/h2-6,11,19-20H,7-10,12H2,1H3. The Balaban J connectivity index is 1.67. The van der Waals surface area contributed by atoms with Crippen molar-refractivity contribution in [2.45, 2.75) is 17.9 Å². The maximum atomic E-state index is 12.9. The summed E-state index contributed by atoms with van der Waals surface area (Å²) in [6.45, 7) is 2.93. The number of hydrogen-bond donors (Lipinski definition) is 2. The van der Waals surface area contributed by atoms with Gasteiger partial charge in [0.1, 0.15) is 12.4 Å². The van der Waals surface area contributed by atoms with Gasteiger partial charge >= 0.3 is 0 Å². The third kappa shape index (κ3) is 3.05. The molecule has 2 aromatic rings. The molecule has 0 saturated carbocycles. The van der Waals surface area contributed by atoms with Crippen LogP contribution in [0.25, 0.3) is 0 Å². The van der Waals surface area contributed by atoms with Gasteiger partial charge in [-0.2, -0.15) is 0 Å². The number of hydrogen-bond acceptors (Lipinski definition) is 5. The third-order valence-corrected chi connectivity index (χ3v) is 6.09. The third-order valence-electron chi connectivity index (χ3n) is 4.73. The van der Waals surface area contributed by atoms with E-state index < -0.39 is 10.0 Å².